The van der Waals surface area contributed by atoms with Crippen molar-refractivity contribution in [3.8, 4) is 0 Å². The molecule has 5 nitrogen and oxygen atoms in total. The number of rotatable bonds is 8. The number of para-hydroxylation sites is 1. The Morgan fingerprint density at radius 1 is 1.10 bits per heavy atom. The van der Waals surface area contributed by atoms with Crippen LogP contribution in [0.4, 0.5) is 20.3 Å². The number of benzene rings is 2. The maximum Gasteiger partial charge on any atom is 0.230 e. The zero-order valence-corrected chi connectivity index (χ0v) is 17.0. The summed E-state index contributed by atoms with van der Waals surface area (Å²) in [6.07, 6.45) is 0.922. The van der Waals surface area contributed by atoms with Crippen molar-refractivity contribution in [3.05, 3.63) is 54.1 Å². The lowest BCUT2D eigenvalue weighted by Gasteiger charge is -2.11. The molecule has 0 bridgehead atoms. The quantitative estimate of drug-likeness (QED) is 0.404. The molecule has 29 heavy (non-hydrogen) atoms. The smallest absolute Gasteiger partial charge is 0.230 e. The average Bonchev–Trinajstić information content (AvgIpc) is 2.69. The van der Waals surface area contributed by atoms with Crippen LogP contribution in [-0.2, 0) is 4.79 Å². The second-order valence-electron chi connectivity index (χ2n) is 6.95. The average molecular weight is 416 g/mol. The van der Waals surface area contributed by atoms with Gasteiger partial charge >= 0.3 is 0 Å². The largest absolute Gasteiger partial charge is 0.355 e. The van der Waals surface area contributed by atoms with E-state index >= 15 is 0 Å². The third kappa shape index (κ3) is 5.87. The van der Waals surface area contributed by atoms with E-state index in [1.54, 1.807) is 0 Å². The van der Waals surface area contributed by atoms with Crippen molar-refractivity contribution < 1.29 is 13.6 Å². The zero-order chi connectivity index (χ0) is 20.8. The minimum Gasteiger partial charge on any atom is -0.355 e. The van der Waals surface area contributed by atoms with Gasteiger partial charge in [0.05, 0.1) is 11.3 Å². The molecule has 8 heteroatoms. The van der Waals surface area contributed by atoms with Gasteiger partial charge in [0.15, 0.2) is 16.8 Å². The standard InChI is InChI=1S/C21H22F2N4OS/c1-13(2)9-10-24-19(28)12-29-21-26-18-6-4-3-5-15(18)20(27-21)25-14-7-8-16(22)17(23)11-14/h3-8,11,13H,9-10,12H2,1-2H3,(H,24,28)(H,25,26,27). The van der Waals surface area contributed by atoms with Crippen LogP contribution in [0.2, 0.25) is 0 Å². The van der Waals surface area contributed by atoms with Crippen molar-refractivity contribution >= 4 is 40.1 Å². The highest BCUT2D eigenvalue weighted by Crippen LogP contribution is 2.27. The molecule has 0 radical (unpaired) electrons. The van der Waals surface area contributed by atoms with Gasteiger partial charge in [0.25, 0.3) is 0 Å². The number of amides is 1. The Morgan fingerprint density at radius 2 is 1.90 bits per heavy atom. The van der Waals surface area contributed by atoms with Crippen molar-refractivity contribution in [1.29, 1.82) is 0 Å². The monoisotopic (exact) mass is 416 g/mol. The summed E-state index contributed by atoms with van der Waals surface area (Å²) >= 11 is 1.22. The van der Waals surface area contributed by atoms with Gasteiger partial charge in [-0.3, -0.25) is 4.79 Å². The van der Waals surface area contributed by atoms with Crippen LogP contribution in [-0.4, -0.2) is 28.2 Å². The maximum absolute atomic E-state index is 13.5. The fourth-order valence-electron chi connectivity index (χ4n) is 2.61. The lowest BCUT2D eigenvalue weighted by atomic mass is 10.1. The topological polar surface area (TPSA) is 66.9 Å². The van der Waals surface area contributed by atoms with Crippen LogP contribution in [0.3, 0.4) is 0 Å². The molecule has 1 aromatic heterocycles. The van der Waals surface area contributed by atoms with Gasteiger partial charge in [-0.2, -0.15) is 0 Å². The fourth-order valence-corrected chi connectivity index (χ4v) is 3.29. The summed E-state index contributed by atoms with van der Waals surface area (Å²) in [6.45, 7) is 4.84. The predicted octanol–water partition coefficient (Wildman–Crippen LogP) is 4.91. The first-order valence-corrected chi connectivity index (χ1v) is 10.3. The Hall–Kier alpha value is -2.74. The molecule has 3 aromatic rings. The van der Waals surface area contributed by atoms with Crippen molar-refractivity contribution in [2.75, 3.05) is 17.6 Å². The second-order valence-corrected chi connectivity index (χ2v) is 7.89. The fraction of sp³-hybridized carbons (Fsp3) is 0.286. The molecule has 0 fully saturated rings. The summed E-state index contributed by atoms with van der Waals surface area (Å²) in [6, 6.07) is 10.9. The number of nitrogens with one attached hydrogen (secondary N) is 2. The number of carbonyl (C=O) groups excluding carboxylic acids is 1. The van der Waals surface area contributed by atoms with Crippen molar-refractivity contribution in [2.45, 2.75) is 25.4 Å². The molecule has 0 aliphatic carbocycles. The predicted molar refractivity (Wildman–Crippen MR) is 112 cm³/mol. The number of hydrogen-bond acceptors (Lipinski definition) is 5. The van der Waals surface area contributed by atoms with E-state index in [1.807, 2.05) is 24.3 Å². The van der Waals surface area contributed by atoms with E-state index in [2.05, 4.69) is 34.4 Å². The minimum atomic E-state index is -0.943. The number of nitrogens with zero attached hydrogens (tertiary/aromatic N) is 2. The number of thioether (sulfide) groups is 1. The molecule has 0 spiro atoms. The van der Waals surface area contributed by atoms with Gasteiger partial charge in [-0.1, -0.05) is 37.7 Å². The lowest BCUT2D eigenvalue weighted by molar-refractivity contribution is -0.118. The van der Waals surface area contributed by atoms with E-state index in [1.165, 1.54) is 17.8 Å². The Bertz CT molecular complexity index is 1010. The van der Waals surface area contributed by atoms with E-state index in [0.717, 1.165) is 23.9 Å². The molecule has 3 rings (SSSR count). The molecule has 0 aliphatic heterocycles. The SMILES string of the molecule is CC(C)CCNC(=O)CSc1nc(Nc2ccc(F)c(F)c2)c2ccccc2n1. The first-order chi connectivity index (χ1) is 13.9. The molecule has 0 aliphatic rings. The van der Waals surface area contributed by atoms with Crippen LogP contribution < -0.4 is 10.6 Å². The molecule has 0 unspecified atom stereocenters. The van der Waals surface area contributed by atoms with Crippen LogP contribution in [0.25, 0.3) is 10.9 Å². The highest BCUT2D eigenvalue weighted by atomic mass is 32.2. The zero-order valence-electron chi connectivity index (χ0n) is 16.2. The molecule has 2 N–H and O–H groups in total. The van der Waals surface area contributed by atoms with E-state index in [9.17, 15) is 13.6 Å². The lowest BCUT2D eigenvalue weighted by Crippen LogP contribution is -2.27. The molecular formula is C21H22F2N4OS. The summed E-state index contributed by atoms with van der Waals surface area (Å²) in [5, 5.41) is 7.06. The van der Waals surface area contributed by atoms with Gasteiger partial charge in [-0.15, -0.1) is 0 Å². The number of hydrogen-bond donors (Lipinski definition) is 2. The molecular weight excluding hydrogens is 394 g/mol. The van der Waals surface area contributed by atoms with Crippen LogP contribution in [0, 0.1) is 17.6 Å². The van der Waals surface area contributed by atoms with E-state index in [0.29, 0.717) is 34.6 Å². The molecule has 0 atom stereocenters. The van der Waals surface area contributed by atoms with Crippen LogP contribution >= 0.6 is 11.8 Å². The number of halogens is 2. The van der Waals surface area contributed by atoms with Crippen molar-refractivity contribution in [1.82, 2.24) is 15.3 Å². The van der Waals surface area contributed by atoms with Gasteiger partial charge in [-0.25, -0.2) is 18.7 Å². The van der Waals surface area contributed by atoms with E-state index in [-0.39, 0.29) is 11.7 Å². The molecule has 2 aromatic carbocycles. The second kappa shape index (κ2) is 9.65. The van der Waals surface area contributed by atoms with Gasteiger partial charge in [0.1, 0.15) is 5.82 Å². The number of fused-ring (bicyclic) bond motifs is 1. The van der Waals surface area contributed by atoms with Gasteiger partial charge < -0.3 is 10.6 Å². The van der Waals surface area contributed by atoms with Crippen molar-refractivity contribution in [3.63, 3.8) is 0 Å². The summed E-state index contributed by atoms with van der Waals surface area (Å²) in [5.41, 5.74) is 1.06. The number of anilines is 2. The summed E-state index contributed by atoms with van der Waals surface area (Å²) in [7, 11) is 0. The normalized spacial score (nSPS) is 11.1. The van der Waals surface area contributed by atoms with Gasteiger partial charge in [-0.05, 0) is 36.6 Å². The first-order valence-electron chi connectivity index (χ1n) is 9.30. The highest BCUT2D eigenvalue weighted by Gasteiger charge is 2.11. The minimum absolute atomic E-state index is 0.0810. The van der Waals surface area contributed by atoms with Gasteiger partial charge in [0.2, 0.25) is 5.91 Å². The Labute approximate surface area is 172 Å². The van der Waals surface area contributed by atoms with Crippen molar-refractivity contribution in [2.24, 2.45) is 5.92 Å². The third-order valence-corrected chi connectivity index (χ3v) is 4.99. The number of carbonyl (C=O) groups is 1. The number of aromatic nitrogens is 2. The summed E-state index contributed by atoms with van der Waals surface area (Å²) in [4.78, 5) is 21.0. The molecule has 0 saturated carbocycles. The maximum atomic E-state index is 13.5. The first kappa shape index (κ1) is 21.0. The third-order valence-electron chi connectivity index (χ3n) is 4.14. The van der Waals surface area contributed by atoms with Crippen LogP contribution in [0.1, 0.15) is 20.3 Å². The molecule has 152 valence electrons. The molecule has 1 amide bonds. The van der Waals surface area contributed by atoms with E-state index < -0.39 is 11.6 Å². The highest BCUT2D eigenvalue weighted by molar-refractivity contribution is 7.99. The van der Waals surface area contributed by atoms with E-state index in [4.69, 9.17) is 0 Å². The Kier molecular flexibility index (Phi) is 6.98. The van der Waals surface area contributed by atoms with Crippen LogP contribution in [0.15, 0.2) is 47.6 Å². The van der Waals surface area contributed by atoms with Gasteiger partial charge in [0, 0.05) is 23.7 Å². The Morgan fingerprint density at radius 3 is 2.66 bits per heavy atom. The Balaban J connectivity index is 1.77. The van der Waals surface area contributed by atoms with Crippen LogP contribution in [0.5, 0.6) is 0 Å². The molecule has 0 saturated heterocycles. The summed E-state index contributed by atoms with van der Waals surface area (Å²) in [5.74, 6) is -0.756. The summed E-state index contributed by atoms with van der Waals surface area (Å²) < 4.78 is 26.7. The molecule has 1 heterocycles.